The summed E-state index contributed by atoms with van der Waals surface area (Å²) in [5.74, 6) is 0.598. The molecule has 0 aromatic carbocycles. The van der Waals surface area contributed by atoms with Crippen molar-refractivity contribution in [1.29, 1.82) is 0 Å². The van der Waals surface area contributed by atoms with Crippen LogP contribution < -0.4 is 4.74 Å². The zero-order valence-corrected chi connectivity index (χ0v) is 8.86. The molecular weight excluding hydrogens is 234 g/mol. The van der Waals surface area contributed by atoms with Gasteiger partial charge in [0.2, 0.25) is 5.88 Å². The van der Waals surface area contributed by atoms with Gasteiger partial charge in [0.15, 0.2) is 0 Å². The van der Waals surface area contributed by atoms with E-state index >= 15 is 0 Å². The van der Waals surface area contributed by atoms with Gasteiger partial charge in [0.25, 0.3) is 0 Å². The van der Waals surface area contributed by atoms with Gasteiger partial charge in [-0.25, -0.2) is 9.97 Å². The normalized spacial score (nSPS) is 18.3. The summed E-state index contributed by atoms with van der Waals surface area (Å²) < 4.78 is 6.27. The Balaban J connectivity index is 1.91. The Morgan fingerprint density at radius 1 is 1.46 bits per heavy atom. The van der Waals surface area contributed by atoms with Crippen molar-refractivity contribution >= 4 is 15.9 Å². The van der Waals surface area contributed by atoms with Gasteiger partial charge >= 0.3 is 0 Å². The van der Waals surface area contributed by atoms with E-state index in [1.807, 2.05) is 0 Å². The number of likely N-dealkylation sites (N-methyl/N-ethyl adjacent to an activating group) is 1. The molecule has 70 valence electrons. The van der Waals surface area contributed by atoms with E-state index in [9.17, 15) is 0 Å². The molecule has 0 N–H and O–H groups in total. The van der Waals surface area contributed by atoms with Gasteiger partial charge in [0.1, 0.15) is 10.7 Å². The summed E-state index contributed by atoms with van der Waals surface area (Å²) in [7, 11) is 2.06. The number of hydrogen-bond donors (Lipinski definition) is 0. The highest BCUT2D eigenvalue weighted by Gasteiger charge is 2.25. The van der Waals surface area contributed by atoms with Crippen LogP contribution in [0.2, 0.25) is 0 Å². The first-order valence-electron chi connectivity index (χ1n) is 4.07. The quantitative estimate of drug-likeness (QED) is 0.775. The number of ether oxygens (including phenoxy) is 1. The number of rotatable bonds is 2. The molecule has 0 radical (unpaired) electrons. The third-order valence-corrected chi connectivity index (χ3v) is 2.32. The number of aromatic nitrogens is 2. The highest BCUT2D eigenvalue weighted by Crippen LogP contribution is 2.14. The van der Waals surface area contributed by atoms with E-state index < -0.39 is 0 Å². The van der Waals surface area contributed by atoms with Crippen LogP contribution in [0.15, 0.2) is 17.0 Å². The van der Waals surface area contributed by atoms with E-state index in [0.29, 0.717) is 5.88 Å². The molecule has 5 heteroatoms. The molecule has 0 bridgehead atoms. The lowest BCUT2D eigenvalue weighted by Gasteiger charge is -2.35. The molecule has 1 aliphatic heterocycles. The molecule has 0 unspecified atom stereocenters. The maximum atomic E-state index is 5.54. The lowest BCUT2D eigenvalue weighted by molar-refractivity contribution is 0.0352. The van der Waals surface area contributed by atoms with Crippen molar-refractivity contribution in [3.05, 3.63) is 17.0 Å². The van der Waals surface area contributed by atoms with Crippen molar-refractivity contribution in [3.8, 4) is 5.88 Å². The van der Waals surface area contributed by atoms with Gasteiger partial charge in [0.05, 0.1) is 12.4 Å². The summed E-state index contributed by atoms with van der Waals surface area (Å²) in [5.41, 5.74) is 0. The smallest absolute Gasteiger partial charge is 0.232 e. The fourth-order valence-electron chi connectivity index (χ4n) is 1.25. The zero-order chi connectivity index (χ0) is 9.26. The first kappa shape index (κ1) is 8.90. The van der Waals surface area contributed by atoms with Crippen molar-refractivity contribution < 1.29 is 4.74 Å². The molecule has 2 heterocycles. The fourth-order valence-corrected chi connectivity index (χ4v) is 1.45. The van der Waals surface area contributed by atoms with Crippen molar-refractivity contribution in [2.24, 2.45) is 0 Å². The minimum atomic E-state index is 0.278. The van der Waals surface area contributed by atoms with Gasteiger partial charge in [-0.2, -0.15) is 0 Å². The molecule has 0 atom stereocenters. The van der Waals surface area contributed by atoms with Crippen LogP contribution in [0.25, 0.3) is 0 Å². The molecule has 0 amide bonds. The lowest BCUT2D eigenvalue weighted by atomic mass is 10.2. The summed E-state index contributed by atoms with van der Waals surface area (Å²) in [4.78, 5) is 10.3. The Morgan fingerprint density at radius 3 is 2.77 bits per heavy atom. The minimum absolute atomic E-state index is 0.278. The second-order valence-electron chi connectivity index (χ2n) is 3.14. The predicted octanol–water partition coefficient (Wildman–Crippen LogP) is 0.932. The van der Waals surface area contributed by atoms with Crippen molar-refractivity contribution in [3.63, 3.8) is 0 Å². The van der Waals surface area contributed by atoms with Crippen LogP contribution in [0.5, 0.6) is 5.88 Å². The Hall–Kier alpha value is -0.680. The summed E-state index contributed by atoms with van der Waals surface area (Å²) in [6, 6.07) is 0. The van der Waals surface area contributed by atoms with E-state index in [1.165, 1.54) is 0 Å². The molecular formula is C8H10BrN3O. The highest BCUT2D eigenvalue weighted by molar-refractivity contribution is 9.10. The van der Waals surface area contributed by atoms with Gasteiger partial charge < -0.3 is 4.74 Å². The molecule has 2 rings (SSSR count). The summed E-state index contributed by atoms with van der Waals surface area (Å²) in [5, 5.41) is 0. The predicted molar refractivity (Wildman–Crippen MR) is 51.6 cm³/mol. The molecule has 4 nitrogen and oxygen atoms in total. The van der Waals surface area contributed by atoms with Gasteiger partial charge in [-0.3, -0.25) is 4.90 Å². The topological polar surface area (TPSA) is 38.2 Å². The Labute approximate surface area is 85.1 Å². The van der Waals surface area contributed by atoms with E-state index in [-0.39, 0.29) is 6.10 Å². The van der Waals surface area contributed by atoms with Crippen LogP contribution >= 0.6 is 15.9 Å². The van der Waals surface area contributed by atoms with Crippen LogP contribution in [0.1, 0.15) is 0 Å². The van der Waals surface area contributed by atoms with Crippen LogP contribution in [0.3, 0.4) is 0 Å². The molecule has 1 fully saturated rings. The van der Waals surface area contributed by atoms with Gasteiger partial charge in [-0.05, 0) is 23.0 Å². The molecule has 0 spiro atoms. The van der Waals surface area contributed by atoms with E-state index in [0.717, 1.165) is 17.7 Å². The van der Waals surface area contributed by atoms with Crippen LogP contribution in [-0.4, -0.2) is 41.1 Å². The Bertz CT molecular complexity index is 284. The number of nitrogens with zero attached hydrogens (tertiary/aromatic N) is 3. The molecule has 13 heavy (non-hydrogen) atoms. The standard InChI is InChI=1S/C8H10BrN3O/c1-12-4-6(5-12)13-8-3-10-7(9)2-11-8/h2-3,6H,4-5H2,1H3. The summed E-state index contributed by atoms with van der Waals surface area (Å²) in [6.45, 7) is 1.94. The fraction of sp³-hybridized carbons (Fsp3) is 0.500. The van der Waals surface area contributed by atoms with Crippen LogP contribution in [0.4, 0.5) is 0 Å². The molecule has 0 aliphatic carbocycles. The first-order chi connectivity index (χ1) is 6.24. The SMILES string of the molecule is CN1CC(Oc2cnc(Br)cn2)C1. The third kappa shape index (κ3) is 2.16. The molecule has 1 aliphatic rings. The Kier molecular flexibility index (Phi) is 2.46. The maximum Gasteiger partial charge on any atom is 0.232 e. The van der Waals surface area contributed by atoms with E-state index in [2.05, 4.69) is 37.8 Å². The summed E-state index contributed by atoms with van der Waals surface area (Å²) in [6.07, 6.45) is 3.54. The van der Waals surface area contributed by atoms with E-state index in [4.69, 9.17) is 4.74 Å². The van der Waals surface area contributed by atoms with Gasteiger partial charge in [-0.15, -0.1) is 0 Å². The van der Waals surface area contributed by atoms with Crippen molar-refractivity contribution in [2.75, 3.05) is 20.1 Å². The van der Waals surface area contributed by atoms with Crippen molar-refractivity contribution in [2.45, 2.75) is 6.10 Å². The monoisotopic (exact) mass is 243 g/mol. The van der Waals surface area contributed by atoms with Crippen LogP contribution in [0, 0.1) is 0 Å². The third-order valence-electron chi connectivity index (χ3n) is 1.91. The Morgan fingerprint density at radius 2 is 2.23 bits per heavy atom. The van der Waals surface area contributed by atoms with E-state index in [1.54, 1.807) is 12.4 Å². The van der Waals surface area contributed by atoms with Crippen LogP contribution in [-0.2, 0) is 0 Å². The largest absolute Gasteiger partial charge is 0.471 e. The maximum absolute atomic E-state index is 5.54. The van der Waals surface area contributed by atoms with Gasteiger partial charge in [-0.1, -0.05) is 0 Å². The summed E-state index contributed by atoms with van der Waals surface area (Å²) >= 11 is 3.21. The van der Waals surface area contributed by atoms with Gasteiger partial charge in [0, 0.05) is 13.1 Å². The second-order valence-corrected chi connectivity index (χ2v) is 3.95. The average Bonchev–Trinajstić information content (AvgIpc) is 2.06. The molecule has 0 saturated carbocycles. The average molecular weight is 244 g/mol. The highest BCUT2D eigenvalue weighted by atomic mass is 79.9. The molecule has 1 aromatic heterocycles. The lowest BCUT2D eigenvalue weighted by Crippen LogP contribution is -2.51. The molecule has 1 aromatic rings. The number of hydrogen-bond acceptors (Lipinski definition) is 4. The second kappa shape index (κ2) is 3.59. The molecule has 1 saturated heterocycles. The zero-order valence-electron chi connectivity index (χ0n) is 7.27. The number of halogens is 1. The van der Waals surface area contributed by atoms with Crippen molar-refractivity contribution in [1.82, 2.24) is 14.9 Å². The first-order valence-corrected chi connectivity index (χ1v) is 4.86. The minimum Gasteiger partial charge on any atom is -0.471 e. The number of likely N-dealkylation sites (tertiary alicyclic amines) is 1.